The Bertz CT molecular complexity index is 166. The molecule has 0 spiro atoms. The molecule has 1 rings (SSSR count). The highest BCUT2D eigenvalue weighted by Crippen LogP contribution is 2.10. The topological polar surface area (TPSA) is 35.2 Å². The first-order valence-electron chi connectivity index (χ1n) is 2.43. The van der Waals surface area contributed by atoms with Gasteiger partial charge in [-0.25, -0.2) is 5.14 Å². The van der Waals surface area contributed by atoms with Gasteiger partial charge in [0.1, 0.15) is 18.0 Å². The zero-order valence-electron chi connectivity index (χ0n) is 4.70. The lowest BCUT2D eigenvalue weighted by Gasteiger charge is -1.95. The average molecular weight is 140 g/mol. The molecule has 0 aliphatic carbocycles. The Morgan fingerprint density at radius 1 is 1.44 bits per heavy atom. The molecule has 0 saturated heterocycles. The Morgan fingerprint density at radius 2 is 2.11 bits per heavy atom. The van der Waals surface area contributed by atoms with Gasteiger partial charge in [0, 0.05) is 0 Å². The molecule has 1 radical (unpaired) electrons. The molecule has 0 heterocycles. The van der Waals surface area contributed by atoms with Crippen LogP contribution in [0.15, 0.2) is 24.3 Å². The normalized spacial score (nSPS) is 9.00. The van der Waals surface area contributed by atoms with Crippen LogP contribution < -0.4 is 9.32 Å². The molecule has 9 heavy (non-hydrogen) atoms. The number of hydrogen-bond acceptors (Lipinski definition) is 3. The van der Waals surface area contributed by atoms with Crippen molar-refractivity contribution >= 4 is 12.2 Å². The van der Waals surface area contributed by atoms with E-state index in [9.17, 15) is 0 Å². The smallest absolute Gasteiger partial charge is 0.140 e. The van der Waals surface area contributed by atoms with Gasteiger partial charge in [-0.15, -0.1) is 0 Å². The first-order valence-corrected chi connectivity index (χ1v) is 3.23. The average Bonchev–Trinajstić information content (AvgIpc) is 1.91. The fourth-order valence-electron chi connectivity index (χ4n) is 0.483. The van der Waals surface area contributed by atoms with Crippen molar-refractivity contribution in [3.05, 3.63) is 30.3 Å². The molecular formula is C6H6NOS. The van der Waals surface area contributed by atoms with E-state index in [2.05, 4.69) is 6.07 Å². The van der Waals surface area contributed by atoms with E-state index in [4.69, 9.17) is 9.32 Å². The van der Waals surface area contributed by atoms with Crippen LogP contribution in [0.1, 0.15) is 0 Å². The van der Waals surface area contributed by atoms with Crippen molar-refractivity contribution in [3.8, 4) is 5.75 Å². The van der Waals surface area contributed by atoms with E-state index >= 15 is 0 Å². The van der Waals surface area contributed by atoms with Crippen molar-refractivity contribution in [1.82, 2.24) is 0 Å². The van der Waals surface area contributed by atoms with E-state index in [-0.39, 0.29) is 0 Å². The molecule has 47 valence electrons. The van der Waals surface area contributed by atoms with Crippen molar-refractivity contribution in [1.29, 1.82) is 0 Å². The Hall–Kier alpha value is -0.670. The van der Waals surface area contributed by atoms with Crippen molar-refractivity contribution in [2.45, 2.75) is 0 Å². The van der Waals surface area contributed by atoms with Crippen LogP contribution in [0.3, 0.4) is 0 Å². The lowest BCUT2D eigenvalue weighted by Crippen LogP contribution is -1.85. The summed E-state index contributed by atoms with van der Waals surface area (Å²) in [7, 11) is 0. The van der Waals surface area contributed by atoms with Crippen molar-refractivity contribution in [2.24, 2.45) is 5.14 Å². The minimum absolute atomic E-state index is 0.751. The van der Waals surface area contributed by atoms with Crippen LogP contribution in [0, 0.1) is 6.07 Å². The monoisotopic (exact) mass is 140 g/mol. The fourth-order valence-corrected chi connectivity index (χ4v) is 0.705. The predicted molar refractivity (Wildman–Crippen MR) is 37.7 cm³/mol. The van der Waals surface area contributed by atoms with Gasteiger partial charge in [0.15, 0.2) is 0 Å². The summed E-state index contributed by atoms with van der Waals surface area (Å²) < 4.78 is 4.88. The van der Waals surface area contributed by atoms with Crippen molar-refractivity contribution in [2.75, 3.05) is 0 Å². The molecule has 3 heteroatoms. The third kappa shape index (κ3) is 1.95. The summed E-state index contributed by atoms with van der Waals surface area (Å²) in [5.41, 5.74) is 0. The molecule has 0 atom stereocenters. The zero-order chi connectivity index (χ0) is 6.53. The molecule has 2 N–H and O–H groups in total. The summed E-state index contributed by atoms with van der Waals surface area (Å²) in [5.74, 6) is 0.751. The summed E-state index contributed by atoms with van der Waals surface area (Å²) >= 11 is 0.841. The largest absolute Gasteiger partial charge is 0.410 e. The van der Waals surface area contributed by atoms with Crippen LogP contribution in [0.25, 0.3) is 0 Å². The Kier molecular flexibility index (Phi) is 2.42. The van der Waals surface area contributed by atoms with E-state index < -0.39 is 0 Å². The zero-order valence-corrected chi connectivity index (χ0v) is 5.52. The van der Waals surface area contributed by atoms with Crippen molar-refractivity contribution < 1.29 is 4.18 Å². The van der Waals surface area contributed by atoms with Gasteiger partial charge < -0.3 is 4.18 Å². The van der Waals surface area contributed by atoms with Crippen LogP contribution in [0.4, 0.5) is 0 Å². The minimum atomic E-state index is 0.751. The highest BCUT2D eigenvalue weighted by molar-refractivity contribution is 7.92. The number of benzene rings is 1. The van der Waals surface area contributed by atoms with Crippen LogP contribution in [0.5, 0.6) is 5.75 Å². The van der Waals surface area contributed by atoms with Gasteiger partial charge in [-0.2, -0.15) is 0 Å². The molecule has 0 fully saturated rings. The number of nitrogens with two attached hydrogens (primary N) is 1. The van der Waals surface area contributed by atoms with E-state index in [0.717, 1.165) is 18.0 Å². The summed E-state index contributed by atoms with van der Waals surface area (Å²) in [6, 6.07) is 9.98. The van der Waals surface area contributed by atoms with Crippen LogP contribution >= 0.6 is 12.2 Å². The molecule has 0 unspecified atom stereocenters. The fraction of sp³-hybridized carbons (Fsp3) is 0. The molecular weight excluding hydrogens is 134 g/mol. The molecule has 0 aliphatic heterocycles. The predicted octanol–water partition coefficient (Wildman–Crippen LogP) is 1.39. The SMILES string of the molecule is NSOc1cc[c]cc1. The third-order valence-corrected chi connectivity index (χ3v) is 1.12. The standard InChI is InChI=1S/C6H6NOS/c7-9-8-6-4-2-1-3-5-6/h2-5H,7H2. The second-order valence-corrected chi connectivity index (χ2v) is 1.77. The summed E-state index contributed by atoms with van der Waals surface area (Å²) in [6.07, 6.45) is 0. The molecule has 0 amide bonds. The highest BCUT2D eigenvalue weighted by atomic mass is 32.2. The van der Waals surface area contributed by atoms with Crippen LogP contribution in [0.2, 0.25) is 0 Å². The minimum Gasteiger partial charge on any atom is -0.410 e. The maximum absolute atomic E-state index is 5.04. The van der Waals surface area contributed by atoms with E-state index in [1.54, 1.807) is 24.3 Å². The summed E-state index contributed by atoms with van der Waals surface area (Å²) in [6.45, 7) is 0. The number of rotatable bonds is 2. The van der Waals surface area contributed by atoms with Gasteiger partial charge in [0.05, 0.1) is 0 Å². The third-order valence-electron chi connectivity index (χ3n) is 0.832. The molecule has 0 bridgehead atoms. The van der Waals surface area contributed by atoms with Gasteiger partial charge in [0.25, 0.3) is 0 Å². The Balaban J connectivity index is 2.61. The summed E-state index contributed by atoms with van der Waals surface area (Å²) in [5, 5.41) is 5.04. The first-order chi connectivity index (χ1) is 4.43. The molecule has 1 aromatic rings. The maximum Gasteiger partial charge on any atom is 0.140 e. The molecule has 2 nitrogen and oxygen atoms in total. The first kappa shape index (κ1) is 6.45. The molecule has 0 saturated carbocycles. The van der Waals surface area contributed by atoms with Gasteiger partial charge in [-0.3, -0.25) is 0 Å². The lowest BCUT2D eigenvalue weighted by atomic mass is 10.3. The van der Waals surface area contributed by atoms with Crippen LogP contribution in [-0.4, -0.2) is 0 Å². The van der Waals surface area contributed by atoms with E-state index in [0.29, 0.717) is 0 Å². The highest BCUT2D eigenvalue weighted by Gasteiger charge is 1.85. The van der Waals surface area contributed by atoms with Gasteiger partial charge >= 0.3 is 0 Å². The van der Waals surface area contributed by atoms with Crippen LogP contribution in [-0.2, 0) is 0 Å². The van der Waals surface area contributed by atoms with Gasteiger partial charge in [0.2, 0.25) is 0 Å². The molecule has 0 aromatic heterocycles. The summed E-state index contributed by atoms with van der Waals surface area (Å²) in [4.78, 5) is 0. The van der Waals surface area contributed by atoms with E-state index in [1.165, 1.54) is 0 Å². The lowest BCUT2D eigenvalue weighted by molar-refractivity contribution is 0.647. The second-order valence-electron chi connectivity index (χ2n) is 1.42. The Morgan fingerprint density at radius 3 is 2.67 bits per heavy atom. The maximum atomic E-state index is 5.04. The quantitative estimate of drug-likeness (QED) is 0.498. The van der Waals surface area contributed by atoms with Gasteiger partial charge in [-0.1, -0.05) is 12.1 Å². The second kappa shape index (κ2) is 3.37. The Labute approximate surface area is 58.4 Å². The van der Waals surface area contributed by atoms with Gasteiger partial charge in [-0.05, 0) is 18.2 Å². The molecule has 1 aromatic carbocycles. The molecule has 0 aliphatic rings. The van der Waals surface area contributed by atoms with Crippen molar-refractivity contribution in [3.63, 3.8) is 0 Å². The number of hydrogen-bond donors (Lipinski definition) is 1. The van der Waals surface area contributed by atoms with E-state index in [1.807, 2.05) is 0 Å².